The van der Waals surface area contributed by atoms with Crippen LogP contribution in [0.25, 0.3) is 10.9 Å². The van der Waals surface area contributed by atoms with E-state index in [4.69, 9.17) is 5.11 Å². The first-order valence-electron chi connectivity index (χ1n) is 5.99. The van der Waals surface area contributed by atoms with Crippen LogP contribution in [0.3, 0.4) is 0 Å². The number of aromatic nitrogens is 1. The molecule has 4 nitrogen and oxygen atoms in total. The van der Waals surface area contributed by atoms with Crippen molar-refractivity contribution in [1.29, 1.82) is 0 Å². The molecule has 0 aliphatic heterocycles. The average molecular weight is 246 g/mol. The van der Waals surface area contributed by atoms with Crippen molar-refractivity contribution in [2.75, 3.05) is 11.9 Å². The van der Waals surface area contributed by atoms with Crippen molar-refractivity contribution < 1.29 is 9.90 Å². The molecule has 0 radical (unpaired) electrons. The molecule has 0 fully saturated rings. The quantitative estimate of drug-likeness (QED) is 0.901. The minimum atomic E-state index is -0.769. The Morgan fingerprint density at radius 1 is 1.44 bits per heavy atom. The van der Waals surface area contributed by atoms with Crippen molar-refractivity contribution in [2.24, 2.45) is 7.05 Å². The zero-order valence-electron chi connectivity index (χ0n) is 10.9. The van der Waals surface area contributed by atoms with Gasteiger partial charge in [0.25, 0.3) is 0 Å². The van der Waals surface area contributed by atoms with Crippen LogP contribution < -0.4 is 4.90 Å². The van der Waals surface area contributed by atoms with E-state index in [-0.39, 0.29) is 12.5 Å². The van der Waals surface area contributed by atoms with Crippen LogP contribution in [0, 0.1) is 0 Å². The van der Waals surface area contributed by atoms with Crippen molar-refractivity contribution in [1.82, 2.24) is 4.57 Å². The highest BCUT2D eigenvalue weighted by Gasteiger charge is 2.17. The molecule has 0 aliphatic rings. The summed E-state index contributed by atoms with van der Waals surface area (Å²) in [6.45, 7) is 1.93. The molecule has 96 valence electrons. The van der Waals surface area contributed by atoms with Crippen LogP contribution in [0.1, 0.15) is 13.3 Å². The van der Waals surface area contributed by atoms with Crippen LogP contribution in [0.15, 0.2) is 30.5 Å². The van der Waals surface area contributed by atoms with Crippen LogP contribution in [-0.2, 0) is 11.8 Å². The van der Waals surface area contributed by atoms with E-state index in [1.165, 1.54) is 0 Å². The van der Waals surface area contributed by atoms with E-state index in [9.17, 15) is 4.79 Å². The number of aliphatic carboxylic acids is 1. The number of nitrogens with zero attached hydrogens (tertiary/aromatic N) is 2. The average Bonchev–Trinajstić information content (AvgIpc) is 2.66. The van der Waals surface area contributed by atoms with E-state index in [0.717, 1.165) is 16.6 Å². The molecule has 1 aromatic carbocycles. The summed E-state index contributed by atoms with van der Waals surface area (Å²) < 4.78 is 2.06. The van der Waals surface area contributed by atoms with Crippen LogP contribution >= 0.6 is 0 Å². The summed E-state index contributed by atoms with van der Waals surface area (Å²) in [7, 11) is 3.94. The second-order valence-corrected chi connectivity index (χ2v) is 4.70. The fourth-order valence-electron chi connectivity index (χ4n) is 2.23. The van der Waals surface area contributed by atoms with Gasteiger partial charge in [-0.25, -0.2) is 0 Å². The van der Waals surface area contributed by atoms with Gasteiger partial charge in [-0.1, -0.05) is 18.2 Å². The fourth-order valence-corrected chi connectivity index (χ4v) is 2.23. The molecule has 0 saturated heterocycles. The molecule has 1 atom stereocenters. The third kappa shape index (κ3) is 2.18. The molecule has 1 unspecified atom stereocenters. The monoisotopic (exact) mass is 246 g/mol. The maximum atomic E-state index is 10.8. The van der Waals surface area contributed by atoms with E-state index in [2.05, 4.69) is 16.7 Å². The van der Waals surface area contributed by atoms with Crippen molar-refractivity contribution in [3.05, 3.63) is 30.5 Å². The summed E-state index contributed by atoms with van der Waals surface area (Å²) in [5.41, 5.74) is 2.23. The minimum Gasteiger partial charge on any atom is -0.481 e. The Bertz CT molecular complexity index is 574. The van der Waals surface area contributed by atoms with Crippen molar-refractivity contribution in [3.8, 4) is 0 Å². The highest BCUT2D eigenvalue weighted by Crippen LogP contribution is 2.29. The summed E-state index contributed by atoms with van der Waals surface area (Å²) in [5.74, 6) is -0.769. The van der Waals surface area contributed by atoms with E-state index < -0.39 is 5.97 Å². The first-order chi connectivity index (χ1) is 8.50. The Morgan fingerprint density at radius 2 is 2.11 bits per heavy atom. The number of aryl methyl sites for hydroxylation is 1. The topological polar surface area (TPSA) is 45.5 Å². The van der Waals surface area contributed by atoms with Gasteiger partial charge in [0.1, 0.15) is 0 Å². The lowest BCUT2D eigenvalue weighted by atomic mass is 10.1. The molecule has 4 heteroatoms. The standard InChI is InChI=1S/C14H18N2O2/c1-10(8-14(17)18)16(3)13-9-15(2)12-7-5-4-6-11(12)13/h4-7,9-10H,8H2,1-3H3,(H,17,18). The number of anilines is 1. The third-order valence-electron chi connectivity index (χ3n) is 3.39. The normalized spacial score (nSPS) is 12.6. The summed E-state index contributed by atoms with van der Waals surface area (Å²) in [4.78, 5) is 12.8. The smallest absolute Gasteiger partial charge is 0.305 e. The molecule has 0 spiro atoms. The van der Waals surface area contributed by atoms with Crippen molar-refractivity contribution in [2.45, 2.75) is 19.4 Å². The van der Waals surface area contributed by atoms with Gasteiger partial charge in [0.2, 0.25) is 0 Å². The lowest BCUT2D eigenvalue weighted by molar-refractivity contribution is -0.137. The number of carboxylic acid groups (broad SMARTS) is 1. The predicted octanol–water partition coefficient (Wildman–Crippen LogP) is 2.48. The Kier molecular flexibility index (Phi) is 3.28. The molecule has 0 bridgehead atoms. The predicted molar refractivity (Wildman–Crippen MR) is 73.0 cm³/mol. The second-order valence-electron chi connectivity index (χ2n) is 4.70. The Morgan fingerprint density at radius 3 is 2.78 bits per heavy atom. The molecule has 18 heavy (non-hydrogen) atoms. The van der Waals surface area contributed by atoms with Gasteiger partial charge in [-0.05, 0) is 13.0 Å². The molecule has 1 aromatic heterocycles. The zero-order chi connectivity index (χ0) is 13.3. The highest BCUT2D eigenvalue weighted by atomic mass is 16.4. The third-order valence-corrected chi connectivity index (χ3v) is 3.39. The van der Waals surface area contributed by atoms with Crippen molar-refractivity contribution in [3.63, 3.8) is 0 Å². The SMILES string of the molecule is CC(CC(=O)O)N(C)c1cn(C)c2ccccc12. The summed E-state index contributed by atoms with van der Waals surface area (Å²) in [6, 6.07) is 8.10. The minimum absolute atomic E-state index is 0.0340. The number of para-hydroxylation sites is 1. The number of hydrogen-bond donors (Lipinski definition) is 1. The van der Waals surface area contributed by atoms with Crippen LogP contribution in [-0.4, -0.2) is 28.7 Å². The molecule has 1 N–H and O–H groups in total. The lowest BCUT2D eigenvalue weighted by Crippen LogP contribution is -2.30. The summed E-state index contributed by atoms with van der Waals surface area (Å²) >= 11 is 0. The number of carboxylic acids is 1. The van der Waals surface area contributed by atoms with Gasteiger partial charge in [0, 0.05) is 37.2 Å². The largest absolute Gasteiger partial charge is 0.481 e. The van der Waals surface area contributed by atoms with Gasteiger partial charge in [0.05, 0.1) is 12.1 Å². The molecular formula is C14H18N2O2. The maximum absolute atomic E-state index is 10.8. The van der Waals surface area contributed by atoms with Gasteiger partial charge in [-0.3, -0.25) is 4.79 Å². The molecule has 2 rings (SSSR count). The molecule has 0 saturated carbocycles. The van der Waals surface area contributed by atoms with Gasteiger partial charge < -0.3 is 14.6 Å². The molecule has 1 heterocycles. The first kappa shape index (κ1) is 12.5. The number of fused-ring (bicyclic) bond motifs is 1. The van der Waals surface area contributed by atoms with Gasteiger partial charge in [0.15, 0.2) is 0 Å². The summed E-state index contributed by atoms with van der Waals surface area (Å²) in [6.07, 6.45) is 2.18. The second kappa shape index (κ2) is 4.72. The Hall–Kier alpha value is -1.97. The van der Waals surface area contributed by atoms with E-state index in [0.29, 0.717) is 0 Å². The number of carbonyl (C=O) groups is 1. The lowest BCUT2D eigenvalue weighted by Gasteiger charge is -2.25. The Labute approximate surface area is 106 Å². The number of rotatable bonds is 4. The van der Waals surface area contributed by atoms with Crippen LogP contribution in [0.4, 0.5) is 5.69 Å². The molecule has 0 aliphatic carbocycles. The summed E-state index contributed by atoms with van der Waals surface area (Å²) in [5, 5.41) is 10.0. The van der Waals surface area contributed by atoms with Gasteiger partial charge in [-0.2, -0.15) is 0 Å². The van der Waals surface area contributed by atoms with Gasteiger partial charge in [-0.15, -0.1) is 0 Å². The van der Waals surface area contributed by atoms with Crippen LogP contribution in [0.2, 0.25) is 0 Å². The van der Waals surface area contributed by atoms with Crippen molar-refractivity contribution >= 4 is 22.6 Å². The first-order valence-corrected chi connectivity index (χ1v) is 5.99. The Balaban J connectivity index is 2.39. The number of benzene rings is 1. The highest BCUT2D eigenvalue weighted by molar-refractivity contribution is 5.93. The van der Waals surface area contributed by atoms with Gasteiger partial charge >= 0.3 is 5.97 Å². The fraction of sp³-hybridized carbons (Fsp3) is 0.357. The molecule has 0 amide bonds. The maximum Gasteiger partial charge on any atom is 0.305 e. The van der Waals surface area contributed by atoms with Crippen LogP contribution in [0.5, 0.6) is 0 Å². The number of hydrogen-bond acceptors (Lipinski definition) is 2. The van der Waals surface area contributed by atoms with E-state index in [1.807, 2.05) is 44.2 Å². The zero-order valence-corrected chi connectivity index (χ0v) is 10.9. The molecular weight excluding hydrogens is 228 g/mol. The van der Waals surface area contributed by atoms with E-state index in [1.54, 1.807) is 0 Å². The molecule has 2 aromatic rings. The van der Waals surface area contributed by atoms with E-state index >= 15 is 0 Å².